The molecule has 1 aliphatic heterocycles. The minimum atomic E-state index is -0.116. The highest BCUT2D eigenvalue weighted by Crippen LogP contribution is 2.33. The zero-order valence-corrected chi connectivity index (χ0v) is 23.3. The minimum absolute atomic E-state index is 0.0381. The second kappa shape index (κ2) is 12.1. The van der Waals surface area contributed by atoms with Gasteiger partial charge in [-0.15, -0.1) is 0 Å². The lowest BCUT2D eigenvalue weighted by Crippen LogP contribution is -2.37. The Morgan fingerprint density at radius 2 is 1.87 bits per heavy atom. The third kappa shape index (κ3) is 6.63. The summed E-state index contributed by atoms with van der Waals surface area (Å²) in [4.78, 5) is 29.1. The number of carbonyl (C=O) groups is 1. The number of nitrogens with one attached hydrogen (secondary N) is 1. The Kier molecular flexibility index (Phi) is 8.43. The monoisotopic (exact) mass is 584 g/mol. The van der Waals surface area contributed by atoms with Crippen LogP contribution in [-0.2, 0) is 9.53 Å². The number of likely N-dealkylation sites (N-methyl/N-ethyl adjacent to an activating group) is 1. The second-order valence-electron chi connectivity index (χ2n) is 9.81. The molecule has 38 heavy (non-hydrogen) atoms. The number of rotatable bonds is 8. The van der Waals surface area contributed by atoms with E-state index in [1.807, 2.05) is 0 Å². The Morgan fingerprint density at radius 3 is 2.58 bits per heavy atom. The molecule has 3 heterocycles. The quantitative estimate of drug-likeness (QED) is 0.422. The van der Waals surface area contributed by atoms with Gasteiger partial charge in [-0.3, -0.25) is 4.79 Å². The zero-order chi connectivity index (χ0) is 26.5. The van der Waals surface area contributed by atoms with Crippen molar-refractivity contribution < 1.29 is 19.0 Å². The van der Waals surface area contributed by atoms with Gasteiger partial charge in [-0.25, -0.2) is 9.97 Å². The van der Waals surface area contributed by atoms with Crippen molar-refractivity contribution in [2.75, 3.05) is 57.2 Å². The molecule has 1 saturated heterocycles. The van der Waals surface area contributed by atoms with Crippen LogP contribution in [0.3, 0.4) is 0 Å². The molecule has 1 aromatic carbocycles. The summed E-state index contributed by atoms with van der Waals surface area (Å²) in [5, 5.41) is 5.55. The van der Waals surface area contributed by atoms with Crippen LogP contribution in [0.15, 0.2) is 41.1 Å². The lowest BCUT2D eigenvalue weighted by atomic mass is 9.93. The predicted molar refractivity (Wildman–Crippen MR) is 149 cm³/mol. The highest BCUT2D eigenvalue weighted by Gasteiger charge is 2.25. The Bertz CT molecular complexity index is 1240. The average Bonchev–Trinajstić information content (AvgIpc) is 2.94. The van der Waals surface area contributed by atoms with E-state index in [-0.39, 0.29) is 24.7 Å². The van der Waals surface area contributed by atoms with Gasteiger partial charge in [0.2, 0.25) is 11.8 Å². The molecule has 0 atom stereocenters. The Hall–Kier alpha value is -3.18. The van der Waals surface area contributed by atoms with Crippen LogP contribution in [0, 0.1) is 0 Å². The molecule has 11 heteroatoms. The second-order valence-corrected chi connectivity index (χ2v) is 10.7. The first kappa shape index (κ1) is 26.4. The van der Waals surface area contributed by atoms with Gasteiger partial charge in [-0.1, -0.05) is 22.0 Å². The fraction of sp³-hybridized carbons (Fsp3) is 0.481. The molecule has 2 fully saturated rings. The molecule has 2 aliphatic rings. The summed E-state index contributed by atoms with van der Waals surface area (Å²) in [6.07, 6.45) is 6.96. The van der Waals surface area contributed by atoms with Crippen molar-refractivity contribution in [2.24, 2.45) is 0 Å². The van der Waals surface area contributed by atoms with Gasteiger partial charge in [-0.05, 0) is 49.3 Å². The van der Waals surface area contributed by atoms with Gasteiger partial charge < -0.3 is 29.3 Å². The number of anilines is 2. The largest absolute Gasteiger partial charge is 0.481 e. The van der Waals surface area contributed by atoms with Gasteiger partial charge in [0.15, 0.2) is 12.4 Å². The predicted octanol–water partition coefficient (Wildman–Crippen LogP) is 3.89. The van der Waals surface area contributed by atoms with Crippen molar-refractivity contribution >= 4 is 44.4 Å². The molecule has 202 valence electrons. The molecule has 1 amide bonds. The van der Waals surface area contributed by atoms with E-state index >= 15 is 0 Å². The van der Waals surface area contributed by atoms with Gasteiger partial charge in [0, 0.05) is 43.1 Å². The first-order valence-corrected chi connectivity index (χ1v) is 13.7. The number of pyridine rings is 1. The first-order chi connectivity index (χ1) is 18.4. The molecule has 0 bridgehead atoms. The van der Waals surface area contributed by atoms with Gasteiger partial charge in [-0.2, -0.15) is 4.98 Å². The molecule has 0 radical (unpaired) electrons. The molecule has 3 aromatic rings. The summed E-state index contributed by atoms with van der Waals surface area (Å²) >= 11 is 3.60. The molecular formula is C27H33BrN6O4. The summed E-state index contributed by atoms with van der Waals surface area (Å²) in [6.45, 7) is 3.04. The van der Waals surface area contributed by atoms with Crippen LogP contribution in [0.5, 0.6) is 11.6 Å². The lowest BCUT2D eigenvalue weighted by molar-refractivity contribution is -0.130. The molecule has 1 N–H and O–H groups in total. The van der Waals surface area contributed by atoms with Gasteiger partial charge in [0.1, 0.15) is 11.9 Å². The third-order valence-electron chi connectivity index (χ3n) is 6.86. The smallest absolute Gasteiger partial charge is 0.259 e. The highest BCUT2D eigenvalue weighted by molar-refractivity contribution is 9.10. The fourth-order valence-corrected chi connectivity index (χ4v) is 4.99. The first-order valence-electron chi connectivity index (χ1n) is 13.0. The zero-order valence-electron chi connectivity index (χ0n) is 21.7. The fourth-order valence-electron chi connectivity index (χ4n) is 4.62. The summed E-state index contributed by atoms with van der Waals surface area (Å²) in [5.41, 5.74) is 0. The van der Waals surface area contributed by atoms with Crippen LogP contribution in [0.4, 0.5) is 11.8 Å². The van der Waals surface area contributed by atoms with E-state index in [1.165, 1.54) is 4.90 Å². The molecule has 1 saturated carbocycles. The number of aromatic nitrogens is 3. The van der Waals surface area contributed by atoms with Crippen molar-refractivity contribution in [3.63, 3.8) is 0 Å². The SMILES string of the molecule is CN(C)C(=O)COc1cnc(NC2CCC(Oc3nc(N4CCOCC4)cc4ccc(Br)cc34)CC2)nc1. The number of ether oxygens (including phenoxy) is 3. The van der Waals surface area contributed by atoms with E-state index in [0.717, 1.165) is 59.8 Å². The standard InChI is InChI=1S/C27H33BrN6O4/c1-33(2)25(35)17-37-22-15-29-27(30-16-22)31-20-5-7-21(8-6-20)38-26-23-14-19(28)4-3-18(23)13-24(32-26)34-9-11-36-12-10-34/h3-4,13-16,20-21H,5-12,17H2,1-2H3,(H,29,30,31). The van der Waals surface area contributed by atoms with E-state index in [0.29, 0.717) is 30.8 Å². The van der Waals surface area contributed by atoms with Crippen molar-refractivity contribution in [1.29, 1.82) is 0 Å². The maximum absolute atomic E-state index is 11.7. The van der Waals surface area contributed by atoms with Crippen LogP contribution >= 0.6 is 15.9 Å². The number of benzene rings is 1. The number of halogens is 1. The Morgan fingerprint density at radius 1 is 1.13 bits per heavy atom. The van der Waals surface area contributed by atoms with E-state index in [2.05, 4.69) is 60.4 Å². The Labute approximate surface area is 230 Å². The number of morpholine rings is 1. The number of amides is 1. The molecule has 10 nitrogen and oxygen atoms in total. The van der Waals surface area contributed by atoms with Crippen LogP contribution in [0.25, 0.3) is 10.8 Å². The molecule has 2 aromatic heterocycles. The van der Waals surface area contributed by atoms with Crippen molar-refractivity contribution in [3.8, 4) is 11.6 Å². The molecule has 0 spiro atoms. The normalized spacial score (nSPS) is 19.7. The number of carbonyl (C=O) groups excluding carboxylic acids is 1. The van der Waals surface area contributed by atoms with E-state index < -0.39 is 0 Å². The van der Waals surface area contributed by atoms with E-state index in [9.17, 15) is 4.79 Å². The van der Waals surface area contributed by atoms with Gasteiger partial charge >= 0.3 is 0 Å². The van der Waals surface area contributed by atoms with Gasteiger partial charge in [0.25, 0.3) is 5.91 Å². The summed E-state index contributed by atoms with van der Waals surface area (Å²) in [5.74, 6) is 2.53. The topological polar surface area (TPSA) is 102 Å². The Balaban J connectivity index is 1.18. The van der Waals surface area contributed by atoms with Crippen molar-refractivity contribution in [1.82, 2.24) is 19.9 Å². The van der Waals surface area contributed by atoms with Crippen LogP contribution in [0.1, 0.15) is 25.7 Å². The molecule has 1 aliphatic carbocycles. The number of fused-ring (bicyclic) bond motifs is 1. The summed E-state index contributed by atoms with van der Waals surface area (Å²) in [6, 6.07) is 8.63. The minimum Gasteiger partial charge on any atom is -0.481 e. The number of hydrogen-bond acceptors (Lipinski definition) is 9. The van der Waals surface area contributed by atoms with Crippen LogP contribution < -0.4 is 19.7 Å². The molecule has 5 rings (SSSR count). The van der Waals surface area contributed by atoms with Crippen molar-refractivity contribution in [2.45, 2.75) is 37.8 Å². The average molecular weight is 586 g/mol. The number of hydrogen-bond donors (Lipinski definition) is 1. The lowest BCUT2D eigenvalue weighted by Gasteiger charge is -2.31. The van der Waals surface area contributed by atoms with E-state index in [1.54, 1.807) is 26.5 Å². The summed E-state index contributed by atoms with van der Waals surface area (Å²) < 4.78 is 18.5. The summed E-state index contributed by atoms with van der Waals surface area (Å²) in [7, 11) is 3.38. The van der Waals surface area contributed by atoms with Crippen molar-refractivity contribution in [3.05, 3.63) is 41.1 Å². The van der Waals surface area contributed by atoms with Crippen LogP contribution in [0.2, 0.25) is 0 Å². The maximum atomic E-state index is 11.7. The maximum Gasteiger partial charge on any atom is 0.259 e. The van der Waals surface area contributed by atoms with Crippen LogP contribution in [-0.4, -0.2) is 84.9 Å². The van der Waals surface area contributed by atoms with E-state index in [4.69, 9.17) is 19.2 Å². The number of nitrogens with zero attached hydrogens (tertiary/aromatic N) is 5. The molecular weight excluding hydrogens is 552 g/mol. The third-order valence-corrected chi connectivity index (χ3v) is 7.35. The van der Waals surface area contributed by atoms with Gasteiger partial charge in [0.05, 0.1) is 25.6 Å². The highest BCUT2D eigenvalue weighted by atomic mass is 79.9. The molecule has 0 unspecified atom stereocenters.